The van der Waals surface area contributed by atoms with Crippen LogP contribution in [0.5, 0.6) is 5.75 Å². The largest absolute Gasteiger partial charge is 0.489 e. The Hall–Kier alpha value is -3.81. The molecule has 164 valence electrons. The van der Waals surface area contributed by atoms with E-state index >= 15 is 0 Å². The van der Waals surface area contributed by atoms with E-state index in [1.54, 1.807) is 54.3 Å². The highest BCUT2D eigenvalue weighted by atomic mass is 19.1. The van der Waals surface area contributed by atoms with Crippen LogP contribution in [0.25, 0.3) is 0 Å². The molecule has 1 atom stereocenters. The molecule has 1 fully saturated rings. The minimum absolute atomic E-state index is 0.00273. The van der Waals surface area contributed by atoms with Crippen molar-refractivity contribution in [3.63, 3.8) is 0 Å². The predicted molar refractivity (Wildman–Crippen MR) is 116 cm³/mol. The molecule has 0 radical (unpaired) electrons. The maximum Gasteiger partial charge on any atom is 0.253 e. The highest BCUT2D eigenvalue weighted by molar-refractivity contribution is 5.94. The fraction of sp³-hybridized carbons (Fsp3) is 0.250. The molecule has 7 nitrogen and oxygen atoms in total. The summed E-state index contributed by atoms with van der Waals surface area (Å²) >= 11 is 0. The second-order valence-electron chi connectivity index (χ2n) is 7.73. The van der Waals surface area contributed by atoms with Crippen molar-refractivity contribution in [3.8, 4) is 5.75 Å². The molecule has 2 N–H and O–H groups in total. The number of rotatable bonds is 6. The normalized spacial score (nSPS) is 15.6. The lowest BCUT2D eigenvalue weighted by atomic mass is 10.1. The van der Waals surface area contributed by atoms with Crippen LogP contribution >= 0.6 is 0 Å². The van der Waals surface area contributed by atoms with Gasteiger partial charge in [0.05, 0.1) is 11.3 Å². The molecular weight excluding hydrogens is 411 g/mol. The van der Waals surface area contributed by atoms with Crippen LogP contribution in [0.4, 0.5) is 4.39 Å². The average molecular weight is 434 g/mol. The van der Waals surface area contributed by atoms with E-state index < -0.39 is 5.91 Å². The molecule has 0 spiro atoms. The summed E-state index contributed by atoms with van der Waals surface area (Å²) in [5.41, 5.74) is 7.17. The van der Waals surface area contributed by atoms with Gasteiger partial charge >= 0.3 is 0 Å². The Kier molecular flexibility index (Phi) is 6.11. The fourth-order valence-corrected chi connectivity index (χ4v) is 3.73. The van der Waals surface area contributed by atoms with Crippen molar-refractivity contribution in [1.82, 2.24) is 14.9 Å². The average Bonchev–Trinajstić information content (AvgIpc) is 3.28. The Bertz CT molecular complexity index is 1150. The summed E-state index contributed by atoms with van der Waals surface area (Å²) in [6.07, 6.45) is 2.19. The van der Waals surface area contributed by atoms with Crippen LogP contribution in [0.15, 0.2) is 54.7 Å². The number of nitrogens with two attached hydrogens (primary N) is 1. The SMILES string of the molecule is Cc1nc([C@@H]2CCN(C(=O)c3ccc(OCc4ccccc4F)cc3)C2)ncc1C(N)=O. The third-order valence-electron chi connectivity index (χ3n) is 5.56. The van der Waals surface area contributed by atoms with Crippen molar-refractivity contribution < 1.29 is 18.7 Å². The van der Waals surface area contributed by atoms with Gasteiger partial charge in [-0.1, -0.05) is 18.2 Å². The quantitative estimate of drug-likeness (QED) is 0.642. The lowest BCUT2D eigenvalue weighted by molar-refractivity contribution is 0.0790. The summed E-state index contributed by atoms with van der Waals surface area (Å²) < 4.78 is 19.3. The van der Waals surface area contributed by atoms with Gasteiger partial charge in [-0.2, -0.15) is 0 Å². The first-order valence-electron chi connectivity index (χ1n) is 10.3. The van der Waals surface area contributed by atoms with E-state index in [0.717, 1.165) is 6.42 Å². The lowest BCUT2D eigenvalue weighted by Crippen LogP contribution is -2.28. The minimum Gasteiger partial charge on any atom is -0.489 e. The molecule has 8 heteroatoms. The van der Waals surface area contributed by atoms with E-state index in [1.165, 1.54) is 12.3 Å². The Balaban J connectivity index is 1.37. The molecule has 1 aromatic heterocycles. The molecule has 0 bridgehead atoms. The highest BCUT2D eigenvalue weighted by Gasteiger charge is 2.30. The maximum absolute atomic E-state index is 13.7. The Morgan fingerprint density at radius 2 is 1.94 bits per heavy atom. The van der Waals surface area contributed by atoms with Crippen LogP contribution in [0.1, 0.15) is 50.1 Å². The van der Waals surface area contributed by atoms with Gasteiger partial charge in [-0.3, -0.25) is 9.59 Å². The number of amides is 2. The van der Waals surface area contributed by atoms with Crippen molar-refractivity contribution >= 4 is 11.8 Å². The molecule has 2 heterocycles. The van der Waals surface area contributed by atoms with Crippen LogP contribution in [0.3, 0.4) is 0 Å². The number of nitrogens with zero attached hydrogens (tertiary/aromatic N) is 3. The number of likely N-dealkylation sites (tertiary alicyclic amines) is 1. The number of primary amides is 1. The van der Waals surface area contributed by atoms with Crippen LogP contribution in [0.2, 0.25) is 0 Å². The topological polar surface area (TPSA) is 98.4 Å². The summed E-state index contributed by atoms with van der Waals surface area (Å²) in [6, 6.07) is 13.3. The molecule has 0 aliphatic carbocycles. The van der Waals surface area contributed by atoms with Gasteiger partial charge in [0, 0.05) is 36.3 Å². The molecule has 4 rings (SSSR count). The second-order valence-corrected chi connectivity index (χ2v) is 7.73. The Labute approximate surface area is 185 Å². The third-order valence-corrected chi connectivity index (χ3v) is 5.56. The highest BCUT2D eigenvalue weighted by Crippen LogP contribution is 2.27. The zero-order valence-corrected chi connectivity index (χ0v) is 17.6. The number of ether oxygens (including phenoxy) is 1. The number of hydrogen-bond acceptors (Lipinski definition) is 5. The van der Waals surface area contributed by atoms with E-state index in [1.807, 2.05) is 0 Å². The van der Waals surface area contributed by atoms with Gasteiger partial charge in [-0.15, -0.1) is 0 Å². The van der Waals surface area contributed by atoms with Crippen molar-refractivity contribution in [2.24, 2.45) is 5.73 Å². The van der Waals surface area contributed by atoms with Gasteiger partial charge in [0.2, 0.25) is 0 Å². The predicted octanol–water partition coefficient (Wildman–Crippen LogP) is 3.23. The number of halogens is 1. The van der Waals surface area contributed by atoms with Crippen molar-refractivity contribution in [1.29, 1.82) is 0 Å². The van der Waals surface area contributed by atoms with E-state index in [4.69, 9.17) is 10.5 Å². The molecule has 2 amide bonds. The molecule has 2 aromatic carbocycles. The fourth-order valence-electron chi connectivity index (χ4n) is 3.73. The van der Waals surface area contributed by atoms with Gasteiger partial charge in [0.1, 0.15) is 24.0 Å². The van der Waals surface area contributed by atoms with Crippen LogP contribution in [-0.2, 0) is 6.61 Å². The number of aryl methyl sites for hydroxylation is 1. The van der Waals surface area contributed by atoms with Gasteiger partial charge in [0.15, 0.2) is 0 Å². The molecule has 1 aliphatic heterocycles. The lowest BCUT2D eigenvalue weighted by Gasteiger charge is -2.17. The minimum atomic E-state index is -0.557. The summed E-state index contributed by atoms with van der Waals surface area (Å²) in [6.45, 7) is 2.93. The van der Waals surface area contributed by atoms with Crippen molar-refractivity contribution in [2.75, 3.05) is 13.1 Å². The first-order valence-corrected chi connectivity index (χ1v) is 10.3. The molecule has 32 heavy (non-hydrogen) atoms. The van der Waals surface area contributed by atoms with E-state index in [2.05, 4.69) is 9.97 Å². The molecule has 1 saturated heterocycles. The van der Waals surface area contributed by atoms with E-state index in [-0.39, 0.29) is 24.2 Å². The number of carbonyl (C=O) groups is 2. The summed E-state index contributed by atoms with van der Waals surface area (Å²) in [5, 5.41) is 0. The monoisotopic (exact) mass is 434 g/mol. The smallest absolute Gasteiger partial charge is 0.253 e. The number of hydrogen-bond donors (Lipinski definition) is 1. The van der Waals surface area contributed by atoms with Crippen LogP contribution in [-0.4, -0.2) is 39.8 Å². The summed E-state index contributed by atoms with van der Waals surface area (Å²) in [5.74, 6) is 0.216. The number of carbonyl (C=O) groups excluding carboxylic acids is 2. The summed E-state index contributed by atoms with van der Waals surface area (Å²) in [4.78, 5) is 34.7. The van der Waals surface area contributed by atoms with E-state index in [0.29, 0.717) is 47.0 Å². The summed E-state index contributed by atoms with van der Waals surface area (Å²) in [7, 11) is 0. The third kappa shape index (κ3) is 4.59. The van der Waals surface area contributed by atoms with Gasteiger partial charge in [-0.25, -0.2) is 14.4 Å². The zero-order valence-electron chi connectivity index (χ0n) is 17.6. The number of benzene rings is 2. The second kappa shape index (κ2) is 9.13. The maximum atomic E-state index is 13.7. The van der Waals surface area contributed by atoms with Crippen molar-refractivity contribution in [3.05, 3.63) is 88.8 Å². The van der Waals surface area contributed by atoms with Crippen LogP contribution in [0, 0.1) is 12.7 Å². The Morgan fingerprint density at radius 3 is 2.62 bits per heavy atom. The molecule has 0 saturated carbocycles. The standard InChI is InChI=1S/C24H23FN4O3/c1-15-20(22(26)30)12-27-23(28-15)17-10-11-29(13-17)24(31)16-6-8-19(9-7-16)32-14-18-4-2-3-5-21(18)25/h2-9,12,17H,10-11,13-14H2,1H3,(H2,26,30)/t17-/m1/s1. The zero-order chi connectivity index (χ0) is 22.7. The molecular formula is C24H23FN4O3. The van der Waals surface area contributed by atoms with E-state index in [9.17, 15) is 14.0 Å². The van der Waals surface area contributed by atoms with Gasteiger partial charge < -0.3 is 15.4 Å². The molecule has 0 unspecified atom stereocenters. The van der Waals surface area contributed by atoms with Gasteiger partial charge in [0.25, 0.3) is 11.8 Å². The first-order chi connectivity index (χ1) is 15.4. The molecule has 3 aromatic rings. The van der Waals surface area contributed by atoms with Crippen LogP contribution < -0.4 is 10.5 Å². The van der Waals surface area contributed by atoms with Crippen molar-refractivity contribution in [2.45, 2.75) is 25.9 Å². The molecule has 1 aliphatic rings. The first kappa shape index (κ1) is 21.4. The number of aromatic nitrogens is 2. The Morgan fingerprint density at radius 1 is 1.19 bits per heavy atom. The van der Waals surface area contributed by atoms with Gasteiger partial charge in [-0.05, 0) is 43.7 Å².